The lowest BCUT2D eigenvalue weighted by molar-refractivity contribution is 0.570. The van der Waals surface area contributed by atoms with Crippen molar-refractivity contribution in [3.05, 3.63) is 97.2 Å². The highest BCUT2D eigenvalue weighted by molar-refractivity contribution is 7.92. The van der Waals surface area contributed by atoms with Gasteiger partial charge in [-0.3, -0.25) is 4.72 Å². The SMILES string of the molecule is Cn1cc(-c2cc(Nc3ccc(NS(=O)(=O)c4ccccc4F)cc3)ncn2)c2ccccc21. The summed E-state index contributed by atoms with van der Waals surface area (Å²) in [6.07, 6.45) is 3.53. The molecule has 2 heterocycles. The zero-order chi connectivity index (χ0) is 23.7. The summed E-state index contributed by atoms with van der Waals surface area (Å²) in [5, 5.41) is 4.30. The van der Waals surface area contributed by atoms with Crippen molar-refractivity contribution in [2.24, 2.45) is 7.05 Å². The fraction of sp³-hybridized carbons (Fsp3) is 0.0400. The minimum atomic E-state index is -4.04. The van der Waals surface area contributed by atoms with Gasteiger partial charge in [-0.05, 0) is 42.5 Å². The maximum absolute atomic E-state index is 13.9. The van der Waals surface area contributed by atoms with E-state index in [0.29, 0.717) is 17.2 Å². The van der Waals surface area contributed by atoms with Crippen LogP contribution in [0.25, 0.3) is 22.2 Å². The molecule has 7 nitrogen and oxygen atoms in total. The predicted octanol–water partition coefficient (Wildman–Crippen LogP) is 5.32. The van der Waals surface area contributed by atoms with Crippen LogP contribution in [0.15, 0.2) is 96.3 Å². The Balaban J connectivity index is 1.35. The highest BCUT2D eigenvalue weighted by atomic mass is 32.2. The highest BCUT2D eigenvalue weighted by Gasteiger charge is 2.18. The van der Waals surface area contributed by atoms with Gasteiger partial charge < -0.3 is 9.88 Å². The molecule has 34 heavy (non-hydrogen) atoms. The molecule has 3 aromatic carbocycles. The number of benzene rings is 3. The van der Waals surface area contributed by atoms with Gasteiger partial charge in [-0.25, -0.2) is 22.8 Å². The number of aryl methyl sites for hydroxylation is 1. The van der Waals surface area contributed by atoms with Gasteiger partial charge in [-0.2, -0.15) is 0 Å². The van der Waals surface area contributed by atoms with Gasteiger partial charge in [-0.15, -0.1) is 0 Å². The van der Waals surface area contributed by atoms with Gasteiger partial charge >= 0.3 is 0 Å². The summed E-state index contributed by atoms with van der Waals surface area (Å²) in [4.78, 5) is 8.33. The second-order valence-electron chi connectivity index (χ2n) is 7.70. The topological polar surface area (TPSA) is 88.9 Å². The number of para-hydroxylation sites is 1. The van der Waals surface area contributed by atoms with Gasteiger partial charge in [0.15, 0.2) is 0 Å². The van der Waals surface area contributed by atoms with Gasteiger partial charge in [0.1, 0.15) is 22.9 Å². The Morgan fingerprint density at radius 1 is 0.882 bits per heavy atom. The Hall–Kier alpha value is -4.24. The van der Waals surface area contributed by atoms with Crippen molar-refractivity contribution >= 4 is 38.1 Å². The normalized spacial score (nSPS) is 11.5. The Kier molecular flexibility index (Phi) is 5.46. The fourth-order valence-electron chi connectivity index (χ4n) is 3.76. The predicted molar refractivity (Wildman–Crippen MR) is 131 cm³/mol. The molecule has 0 spiro atoms. The van der Waals surface area contributed by atoms with Crippen LogP contribution in [0, 0.1) is 5.82 Å². The van der Waals surface area contributed by atoms with E-state index < -0.39 is 20.7 Å². The van der Waals surface area contributed by atoms with Crippen molar-refractivity contribution in [3.8, 4) is 11.3 Å². The molecule has 5 aromatic rings. The minimum absolute atomic E-state index is 0.313. The van der Waals surface area contributed by atoms with Gasteiger partial charge in [-0.1, -0.05) is 30.3 Å². The molecule has 0 fully saturated rings. The van der Waals surface area contributed by atoms with Crippen LogP contribution in [0.4, 0.5) is 21.6 Å². The molecule has 0 atom stereocenters. The monoisotopic (exact) mass is 473 g/mol. The summed E-state index contributed by atoms with van der Waals surface area (Å²) in [6, 6.07) is 21.8. The maximum atomic E-state index is 13.9. The number of fused-ring (bicyclic) bond motifs is 1. The van der Waals surface area contributed by atoms with Crippen molar-refractivity contribution in [2.75, 3.05) is 10.0 Å². The number of anilines is 3. The van der Waals surface area contributed by atoms with Crippen molar-refractivity contribution in [1.82, 2.24) is 14.5 Å². The first-order valence-electron chi connectivity index (χ1n) is 10.4. The molecular weight excluding hydrogens is 453 g/mol. The van der Waals surface area contributed by atoms with E-state index in [1.165, 1.54) is 24.5 Å². The average Bonchev–Trinajstić information content (AvgIpc) is 3.17. The van der Waals surface area contributed by atoms with Crippen LogP contribution in [0.3, 0.4) is 0 Å². The van der Waals surface area contributed by atoms with Crippen LogP contribution < -0.4 is 10.0 Å². The largest absolute Gasteiger partial charge is 0.350 e. The summed E-state index contributed by atoms with van der Waals surface area (Å²) >= 11 is 0. The zero-order valence-corrected chi connectivity index (χ0v) is 18.9. The third-order valence-corrected chi connectivity index (χ3v) is 6.79. The number of halogens is 1. The molecule has 0 aliphatic rings. The molecular formula is C25H20FN5O2S. The summed E-state index contributed by atoms with van der Waals surface area (Å²) in [6.45, 7) is 0. The van der Waals surface area contributed by atoms with Crippen LogP contribution in [0.5, 0.6) is 0 Å². The van der Waals surface area contributed by atoms with E-state index in [1.807, 2.05) is 31.4 Å². The van der Waals surface area contributed by atoms with Crippen molar-refractivity contribution in [3.63, 3.8) is 0 Å². The van der Waals surface area contributed by atoms with Crippen LogP contribution in [-0.4, -0.2) is 23.0 Å². The lowest BCUT2D eigenvalue weighted by Gasteiger charge is -2.10. The molecule has 170 valence electrons. The molecule has 9 heteroatoms. The summed E-state index contributed by atoms with van der Waals surface area (Å²) in [5.74, 6) is -0.211. The quantitative estimate of drug-likeness (QED) is 0.349. The first-order valence-corrected chi connectivity index (χ1v) is 11.9. The van der Waals surface area contributed by atoms with Crippen molar-refractivity contribution in [1.29, 1.82) is 0 Å². The van der Waals surface area contributed by atoms with Gasteiger partial charge in [0, 0.05) is 47.2 Å². The number of sulfonamides is 1. The number of hydrogen-bond acceptors (Lipinski definition) is 5. The Morgan fingerprint density at radius 3 is 2.38 bits per heavy atom. The first kappa shape index (κ1) is 21.6. The number of hydrogen-bond donors (Lipinski definition) is 2. The Labute approximate surface area is 196 Å². The molecule has 0 aliphatic heterocycles. The zero-order valence-electron chi connectivity index (χ0n) is 18.1. The van der Waals surface area contributed by atoms with Gasteiger partial charge in [0.05, 0.1) is 5.69 Å². The molecule has 0 amide bonds. The summed E-state index contributed by atoms with van der Waals surface area (Å²) < 4.78 is 43.3. The van der Waals surface area contributed by atoms with Gasteiger partial charge in [0.2, 0.25) is 0 Å². The number of nitrogens with zero attached hydrogens (tertiary/aromatic N) is 3. The average molecular weight is 474 g/mol. The smallest absolute Gasteiger partial charge is 0.264 e. The summed E-state index contributed by atoms with van der Waals surface area (Å²) in [5.41, 5.74) is 3.91. The van der Waals surface area contributed by atoms with E-state index in [-0.39, 0.29) is 0 Å². The lowest BCUT2D eigenvalue weighted by Crippen LogP contribution is -2.14. The van der Waals surface area contributed by atoms with Crippen LogP contribution >= 0.6 is 0 Å². The van der Waals surface area contributed by atoms with E-state index in [4.69, 9.17) is 0 Å². The number of nitrogens with one attached hydrogen (secondary N) is 2. The Bertz CT molecular complexity index is 1600. The molecule has 0 bridgehead atoms. The molecule has 0 radical (unpaired) electrons. The first-order chi connectivity index (χ1) is 16.4. The highest BCUT2D eigenvalue weighted by Crippen LogP contribution is 2.30. The number of rotatable bonds is 6. The minimum Gasteiger partial charge on any atom is -0.350 e. The molecule has 5 rings (SSSR count). The van der Waals surface area contributed by atoms with E-state index in [0.717, 1.165) is 28.2 Å². The molecule has 0 saturated carbocycles. The molecule has 2 N–H and O–H groups in total. The maximum Gasteiger partial charge on any atom is 0.264 e. The van der Waals surface area contributed by atoms with Crippen LogP contribution in [-0.2, 0) is 17.1 Å². The molecule has 2 aromatic heterocycles. The van der Waals surface area contributed by atoms with Crippen molar-refractivity contribution < 1.29 is 12.8 Å². The van der Waals surface area contributed by atoms with E-state index in [1.54, 1.807) is 24.3 Å². The Morgan fingerprint density at radius 2 is 1.59 bits per heavy atom. The molecule has 0 unspecified atom stereocenters. The summed E-state index contributed by atoms with van der Waals surface area (Å²) in [7, 11) is -2.04. The van der Waals surface area contributed by atoms with Crippen molar-refractivity contribution in [2.45, 2.75) is 4.90 Å². The van der Waals surface area contributed by atoms with E-state index in [2.05, 4.69) is 36.7 Å². The second kappa shape index (κ2) is 8.60. The lowest BCUT2D eigenvalue weighted by atomic mass is 10.1. The molecule has 0 aliphatic carbocycles. The van der Waals surface area contributed by atoms with Crippen LogP contribution in [0.2, 0.25) is 0 Å². The molecule has 0 saturated heterocycles. The van der Waals surface area contributed by atoms with E-state index in [9.17, 15) is 12.8 Å². The standard InChI is InChI=1S/C25H20FN5O2S/c1-31-15-20(19-6-2-4-8-23(19)31)22-14-25(28-16-27-22)29-17-10-12-18(13-11-17)30-34(32,33)24-9-5-3-7-21(24)26/h2-16,30H,1H3,(H,27,28,29). The van der Waals surface area contributed by atoms with Gasteiger partial charge in [0.25, 0.3) is 10.0 Å². The third kappa shape index (κ3) is 4.20. The fourth-order valence-corrected chi connectivity index (χ4v) is 4.90. The number of aromatic nitrogens is 3. The van der Waals surface area contributed by atoms with Crippen LogP contribution in [0.1, 0.15) is 0 Å². The second-order valence-corrected chi connectivity index (χ2v) is 9.35. The van der Waals surface area contributed by atoms with E-state index >= 15 is 0 Å². The third-order valence-electron chi connectivity index (χ3n) is 5.38.